The van der Waals surface area contributed by atoms with E-state index in [9.17, 15) is 4.79 Å². The molecule has 0 aliphatic carbocycles. The Morgan fingerprint density at radius 3 is 2.74 bits per heavy atom. The number of hydrogen-bond donors (Lipinski definition) is 2. The number of aromatic nitrogens is 5. The van der Waals surface area contributed by atoms with Crippen molar-refractivity contribution in [3.05, 3.63) is 46.2 Å². The molecule has 0 atom stereocenters. The molecule has 0 spiro atoms. The predicted molar refractivity (Wildman–Crippen MR) is 95.5 cm³/mol. The van der Waals surface area contributed by atoms with Crippen molar-refractivity contribution in [2.24, 2.45) is 5.10 Å². The number of rotatable bonds is 6. The third-order valence-electron chi connectivity index (χ3n) is 3.54. The first kappa shape index (κ1) is 18.5. The van der Waals surface area contributed by atoms with Crippen molar-refractivity contribution in [3.63, 3.8) is 0 Å². The lowest BCUT2D eigenvalue weighted by atomic mass is 10.1. The molecule has 0 fully saturated rings. The molecule has 1 aromatic carbocycles. The van der Waals surface area contributed by atoms with E-state index in [1.54, 1.807) is 31.2 Å². The molecule has 2 heterocycles. The maximum atomic E-state index is 12.5. The number of hydrogen-bond acceptors (Lipinski definition) is 9. The molecule has 11 nitrogen and oxygen atoms in total. The van der Waals surface area contributed by atoms with E-state index in [0.29, 0.717) is 16.4 Å². The summed E-state index contributed by atoms with van der Waals surface area (Å²) in [6.07, 6.45) is 0. The van der Waals surface area contributed by atoms with Gasteiger partial charge in [-0.15, -0.1) is 5.10 Å². The van der Waals surface area contributed by atoms with Gasteiger partial charge in [0.15, 0.2) is 5.69 Å². The molecule has 12 heteroatoms. The van der Waals surface area contributed by atoms with Gasteiger partial charge < -0.3 is 10.5 Å². The molecule has 0 saturated carbocycles. The number of benzene rings is 1. The molecule has 27 heavy (non-hydrogen) atoms. The van der Waals surface area contributed by atoms with Crippen LogP contribution in [0.4, 0.5) is 5.82 Å². The average Bonchev–Trinajstić information content (AvgIpc) is 3.26. The van der Waals surface area contributed by atoms with Crippen LogP contribution in [0.5, 0.6) is 0 Å². The molecule has 0 bridgehead atoms. The molecule has 3 rings (SSSR count). The summed E-state index contributed by atoms with van der Waals surface area (Å²) in [6, 6.07) is 7.05. The second-order valence-corrected chi connectivity index (χ2v) is 5.78. The van der Waals surface area contributed by atoms with Crippen LogP contribution in [0.3, 0.4) is 0 Å². The zero-order chi connectivity index (χ0) is 19.4. The summed E-state index contributed by atoms with van der Waals surface area (Å²) in [5.74, 6) is -0.466. The highest BCUT2D eigenvalue weighted by Gasteiger charge is 2.23. The van der Waals surface area contributed by atoms with Gasteiger partial charge in [0.1, 0.15) is 5.69 Å². The Kier molecular flexibility index (Phi) is 5.43. The Labute approximate surface area is 158 Å². The van der Waals surface area contributed by atoms with Gasteiger partial charge in [-0.3, -0.25) is 4.79 Å². The highest BCUT2D eigenvalue weighted by Crippen LogP contribution is 2.16. The minimum absolute atomic E-state index is 0.000755. The van der Waals surface area contributed by atoms with Crippen molar-refractivity contribution in [2.75, 3.05) is 12.8 Å². The van der Waals surface area contributed by atoms with Crippen LogP contribution in [-0.2, 0) is 11.3 Å². The van der Waals surface area contributed by atoms with E-state index < -0.39 is 5.91 Å². The van der Waals surface area contributed by atoms with Gasteiger partial charge in [0.05, 0.1) is 12.3 Å². The molecule has 3 aromatic rings. The molecule has 1 amide bonds. The number of anilines is 1. The third-order valence-corrected chi connectivity index (χ3v) is 3.79. The molecule has 0 aliphatic rings. The molecule has 0 radical (unpaired) electrons. The Bertz CT molecular complexity index is 979. The number of hydrazone groups is 1. The van der Waals surface area contributed by atoms with Crippen molar-refractivity contribution in [1.29, 1.82) is 0 Å². The van der Waals surface area contributed by atoms with E-state index in [1.165, 1.54) is 11.8 Å². The van der Waals surface area contributed by atoms with Gasteiger partial charge >= 0.3 is 0 Å². The quantitative estimate of drug-likeness (QED) is 0.471. The van der Waals surface area contributed by atoms with Crippen molar-refractivity contribution in [1.82, 2.24) is 30.7 Å². The summed E-state index contributed by atoms with van der Waals surface area (Å²) in [7, 11) is 1.46. The summed E-state index contributed by atoms with van der Waals surface area (Å²) >= 11 is 5.86. The van der Waals surface area contributed by atoms with Crippen LogP contribution < -0.4 is 11.2 Å². The van der Waals surface area contributed by atoms with E-state index in [2.05, 4.69) is 35.8 Å². The van der Waals surface area contributed by atoms with Crippen molar-refractivity contribution in [2.45, 2.75) is 13.5 Å². The molecule has 140 valence electrons. The fourth-order valence-corrected chi connectivity index (χ4v) is 2.32. The largest absolute Gasteiger partial charge is 0.378 e. The molecule has 2 aromatic heterocycles. The van der Waals surface area contributed by atoms with Gasteiger partial charge in [-0.1, -0.05) is 28.9 Å². The first-order valence-corrected chi connectivity index (χ1v) is 8.01. The Balaban J connectivity index is 1.84. The first-order valence-electron chi connectivity index (χ1n) is 7.63. The van der Waals surface area contributed by atoms with Gasteiger partial charge in [-0.05, 0) is 34.9 Å². The molecular weight excluding hydrogens is 376 g/mol. The van der Waals surface area contributed by atoms with E-state index in [0.717, 1.165) is 5.56 Å². The fraction of sp³-hybridized carbons (Fsp3) is 0.200. The molecular formula is C15H15ClN8O3. The highest BCUT2D eigenvalue weighted by molar-refractivity contribution is 6.30. The van der Waals surface area contributed by atoms with Gasteiger partial charge in [-0.25, -0.2) is 10.1 Å². The van der Waals surface area contributed by atoms with E-state index >= 15 is 0 Å². The zero-order valence-electron chi connectivity index (χ0n) is 14.4. The van der Waals surface area contributed by atoms with Gasteiger partial charge in [-0.2, -0.15) is 9.78 Å². The van der Waals surface area contributed by atoms with Gasteiger partial charge in [0.25, 0.3) is 5.91 Å². The minimum Gasteiger partial charge on any atom is -0.378 e. The number of nitrogens with zero attached hydrogens (tertiary/aromatic N) is 6. The number of methoxy groups -OCH3 is 1. The lowest BCUT2D eigenvalue weighted by molar-refractivity contribution is 0.0944. The molecule has 0 aliphatic heterocycles. The highest BCUT2D eigenvalue weighted by atomic mass is 35.5. The number of nitrogen functional groups attached to an aromatic ring is 1. The number of halogens is 1. The SMILES string of the molecule is COCc1c(C(=O)NN=C(C)c2ccc(Cl)cc2)nnn1-c1nonc1N. The van der Waals surface area contributed by atoms with Crippen LogP contribution in [0.2, 0.25) is 5.02 Å². The number of carbonyl (C=O) groups excluding carboxylic acids is 1. The number of amides is 1. The van der Waals surface area contributed by atoms with E-state index in [-0.39, 0.29) is 23.9 Å². The van der Waals surface area contributed by atoms with E-state index in [4.69, 9.17) is 22.1 Å². The van der Waals surface area contributed by atoms with Crippen LogP contribution in [-0.4, -0.2) is 44.0 Å². The van der Waals surface area contributed by atoms with Gasteiger partial charge in [0, 0.05) is 12.1 Å². The minimum atomic E-state index is -0.573. The normalized spacial score (nSPS) is 11.6. The molecule has 3 N–H and O–H groups in total. The lowest BCUT2D eigenvalue weighted by Gasteiger charge is -2.05. The molecule has 0 saturated heterocycles. The van der Waals surface area contributed by atoms with Crippen LogP contribution in [0.1, 0.15) is 28.7 Å². The Hall–Kier alpha value is -3.31. The van der Waals surface area contributed by atoms with Gasteiger partial charge in [0.2, 0.25) is 11.6 Å². The number of ether oxygens (including phenoxy) is 1. The monoisotopic (exact) mass is 390 g/mol. The van der Waals surface area contributed by atoms with E-state index in [1.807, 2.05) is 0 Å². The smallest absolute Gasteiger partial charge is 0.293 e. The second-order valence-electron chi connectivity index (χ2n) is 5.35. The topological polar surface area (TPSA) is 146 Å². The lowest BCUT2D eigenvalue weighted by Crippen LogP contribution is -2.22. The summed E-state index contributed by atoms with van der Waals surface area (Å²) in [5.41, 5.74) is 9.82. The third kappa shape index (κ3) is 3.93. The number of carbonyl (C=O) groups is 1. The number of nitrogens with one attached hydrogen (secondary N) is 1. The Morgan fingerprint density at radius 1 is 1.37 bits per heavy atom. The Morgan fingerprint density at radius 2 is 2.11 bits per heavy atom. The van der Waals surface area contributed by atoms with Crippen molar-refractivity contribution < 1.29 is 14.2 Å². The second kappa shape index (κ2) is 7.93. The van der Waals surface area contributed by atoms with Crippen LogP contribution in [0.15, 0.2) is 34.0 Å². The average molecular weight is 391 g/mol. The van der Waals surface area contributed by atoms with Crippen molar-refractivity contribution in [3.8, 4) is 5.82 Å². The number of nitrogens with two attached hydrogens (primary N) is 1. The summed E-state index contributed by atoms with van der Waals surface area (Å²) in [5, 5.41) is 19.5. The standard InChI is InChI=1S/C15H15ClN8O3/c1-8(9-3-5-10(16)6-4-9)18-20-15(25)12-11(7-26-2)24(23-19-12)14-13(17)21-27-22-14/h3-6H,7H2,1-2H3,(H2,17,21)(H,20,25). The van der Waals surface area contributed by atoms with Crippen molar-refractivity contribution >= 4 is 29.0 Å². The van der Waals surface area contributed by atoms with Crippen LogP contribution in [0.25, 0.3) is 5.82 Å². The zero-order valence-corrected chi connectivity index (χ0v) is 15.1. The first-order chi connectivity index (χ1) is 13.0. The summed E-state index contributed by atoms with van der Waals surface area (Å²) in [6.45, 7) is 1.78. The fourth-order valence-electron chi connectivity index (χ4n) is 2.20. The van der Waals surface area contributed by atoms with Crippen LogP contribution >= 0.6 is 11.6 Å². The summed E-state index contributed by atoms with van der Waals surface area (Å²) in [4.78, 5) is 12.5. The van der Waals surface area contributed by atoms with Crippen LogP contribution in [0, 0.1) is 0 Å². The maximum Gasteiger partial charge on any atom is 0.293 e. The predicted octanol–water partition coefficient (Wildman–Crippen LogP) is 1.19. The molecule has 0 unspecified atom stereocenters. The summed E-state index contributed by atoms with van der Waals surface area (Å²) < 4.78 is 10.9. The maximum absolute atomic E-state index is 12.5.